The van der Waals surface area contributed by atoms with Crippen LogP contribution in [0.2, 0.25) is 5.15 Å². The topological polar surface area (TPSA) is 38.1 Å². The van der Waals surface area contributed by atoms with Crippen molar-refractivity contribution in [1.82, 2.24) is 14.7 Å². The lowest BCUT2D eigenvalue weighted by Crippen LogP contribution is -2.35. The maximum absolute atomic E-state index is 11.5. The molecule has 1 unspecified atom stereocenters. The van der Waals surface area contributed by atoms with Crippen LogP contribution < -0.4 is 0 Å². The van der Waals surface area contributed by atoms with Gasteiger partial charge in [-0.1, -0.05) is 24.4 Å². The van der Waals surface area contributed by atoms with Crippen LogP contribution in [0.1, 0.15) is 50.3 Å². The Bertz CT molecular complexity index is 484. The number of likely N-dealkylation sites (tertiary alicyclic amines) is 1. The maximum atomic E-state index is 11.5. The Balaban J connectivity index is 2.16. The monoisotopic (exact) mass is 297 g/mol. The molecule has 0 spiro atoms. The fourth-order valence-corrected chi connectivity index (χ4v) is 3.30. The van der Waals surface area contributed by atoms with Gasteiger partial charge in [0.2, 0.25) is 0 Å². The Hall–Kier alpha value is -0.870. The molecule has 0 saturated carbocycles. The molecule has 0 aliphatic carbocycles. The lowest BCUT2D eigenvalue weighted by Gasteiger charge is -2.29. The number of hydrogen-bond acceptors (Lipinski definition) is 3. The Morgan fingerprint density at radius 2 is 2.15 bits per heavy atom. The number of carbonyl (C=O) groups is 1. The molecule has 1 aliphatic rings. The Kier molecular flexibility index (Phi) is 5.22. The van der Waals surface area contributed by atoms with E-state index in [1.807, 2.05) is 14.0 Å². The zero-order valence-electron chi connectivity index (χ0n) is 12.7. The van der Waals surface area contributed by atoms with Crippen LogP contribution in [-0.2, 0) is 18.4 Å². The van der Waals surface area contributed by atoms with Crippen LogP contribution in [0.5, 0.6) is 0 Å². The van der Waals surface area contributed by atoms with Gasteiger partial charge in [-0.2, -0.15) is 5.10 Å². The first-order chi connectivity index (χ1) is 9.49. The summed E-state index contributed by atoms with van der Waals surface area (Å²) in [6.45, 7) is 5.53. The predicted octanol–water partition coefficient (Wildman–Crippen LogP) is 3.11. The quantitative estimate of drug-likeness (QED) is 0.857. The fourth-order valence-electron chi connectivity index (χ4n) is 3.06. The molecule has 1 fully saturated rings. The molecule has 2 rings (SSSR count). The first-order valence-electron chi connectivity index (χ1n) is 7.40. The summed E-state index contributed by atoms with van der Waals surface area (Å²) in [7, 11) is 1.87. The maximum Gasteiger partial charge on any atom is 0.131 e. The van der Waals surface area contributed by atoms with Crippen molar-refractivity contribution in [3.8, 4) is 0 Å². The lowest BCUT2D eigenvalue weighted by atomic mass is 10.0. The third-order valence-electron chi connectivity index (χ3n) is 4.15. The molecule has 112 valence electrons. The van der Waals surface area contributed by atoms with Gasteiger partial charge in [0.05, 0.1) is 5.69 Å². The third-order valence-corrected chi connectivity index (χ3v) is 4.63. The molecular formula is C15H24ClN3O. The second-order valence-corrected chi connectivity index (χ2v) is 6.22. The number of aromatic nitrogens is 2. The molecule has 1 aromatic heterocycles. The van der Waals surface area contributed by atoms with E-state index in [4.69, 9.17) is 11.6 Å². The van der Waals surface area contributed by atoms with Crippen molar-refractivity contribution in [2.24, 2.45) is 7.05 Å². The molecule has 4 nitrogen and oxygen atoms in total. The summed E-state index contributed by atoms with van der Waals surface area (Å²) >= 11 is 6.33. The number of carbonyl (C=O) groups excluding carboxylic acids is 1. The highest BCUT2D eigenvalue weighted by molar-refractivity contribution is 6.30. The van der Waals surface area contributed by atoms with Crippen LogP contribution in [-0.4, -0.2) is 33.1 Å². The summed E-state index contributed by atoms with van der Waals surface area (Å²) in [5, 5.41) is 5.09. The van der Waals surface area contributed by atoms with Crippen LogP contribution in [0.25, 0.3) is 0 Å². The van der Waals surface area contributed by atoms with Crippen LogP contribution in [0.4, 0.5) is 0 Å². The van der Waals surface area contributed by atoms with Crippen molar-refractivity contribution in [1.29, 1.82) is 0 Å². The van der Waals surface area contributed by atoms with E-state index in [1.54, 1.807) is 11.6 Å². The van der Waals surface area contributed by atoms with E-state index in [9.17, 15) is 4.79 Å². The van der Waals surface area contributed by atoms with E-state index < -0.39 is 0 Å². The molecule has 0 aromatic carbocycles. The Morgan fingerprint density at radius 3 is 2.75 bits per heavy atom. The predicted molar refractivity (Wildman–Crippen MR) is 80.9 cm³/mol. The van der Waals surface area contributed by atoms with Gasteiger partial charge in [-0.3, -0.25) is 14.4 Å². The molecule has 1 aromatic rings. The van der Waals surface area contributed by atoms with E-state index in [2.05, 4.69) is 10.00 Å². The number of halogens is 1. The molecule has 0 bridgehead atoms. The van der Waals surface area contributed by atoms with Gasteiger partial charge in [-0.25, -0.2) is 0 Å². The molecule has 1 saturated heterocycles. The Labute approximate surface area is 126 Å². The highest BCUT2D eigenvalue weighted by Crippen LogP contribution is 2.26. The van der Waals surface area contributed by atoms with Crippen molar-refractivity contribution >= 4 is 17.4 Å². The van der Waals surface area contributed by atoms with Crippen molar-refractivity contribution in [2.45, 2.75) is 58.5 Å². The average molecular weight is 298 g/mol. The third kappa shape index (κ3) is 3.61. The number of ketones is 1. The first kappa shape index (κ1) is 15.5. The number of aryl methyl sites for hydroxylation is 2. The smallest absolute Gasteiger partial charge is 0.131 e. The second-order valence-electron chi connectivity index (χ2n) is 5.86. The Morgan fingerprint density at radius 1 is 1.40 bits per heavy atom. The summed E-state index contributed by atoms with van der Waals surface area (Å²) in [5.74, 6) is 0.274. The molecule has 2 heterocycles. The van der Waals surface area contributed by atoms with Crippen LogP contribution >= 0.6 is 11.6 Å². The number of nitrogens with zero attached hydrogens (tertiary/aromatic N) is 3. The first-order valence-corrected chi connectivity index (χ1v) is 7.78. The van der Waals surface area contributed by atoms with Crippen molar-refractivity contribution in [3.05, 3.63) is 16.4 Å². The van der Waals surface area contributed by atoms with E-state index in [1.165, 1.54) is 19.3 Å². The van der Waals surface area contributed by atoms with E-state index >= 15 is 0 Å². The largest absolute Gasteiger partial charge is 0.300 e. The minimum Gasteiger partial charge on any atom is -0.300 e. The molecule has 1 aliphatic heterocycles. The van der Waals surface area contributed by atoms with Crippen LogP contribution in [0.15, 0.2) is 0 Å². The normalized spacial score (nSPS) is 20.9. The highest BCUT2D eigenvalue weighted by atomic mass is 35.5. The minimum absolute atomic E-state index is 0.274. The summed E-state index contributed by atoms with van der Waals surface area (Å²) in [6, 6.07) is 0.352. The molecule has 0 radical (unpaired) electrons. The summed E-state index contributed by atoms with van der Waals surface area (Å²) in [5.41, 5.74) is 2.09. The molecule has 0 amide bonds. The van der Waals surface area contributed by atoms with Gasteiger partial charge in [0, 0.05) is 31.6 Å². The number of hydrogen-bond donors (Lipinski definition) is 0. The van der Waals surface area contributed by atoms with E-state index in [0.29, 0.717) is 17.6 Å². The van der Waals surface area contributed by atoms with Crippen LogP contribution in [0, 0.1) is 6.92 Å². The van der Waals surface area contributed by atoms with Gasteiger partial charge in [0.1, 0.15) is 10.9 Å². The second kappa shape index (κ2) is 6.72. The van der Waals surface area contributed by atoms with E-state index in [0.717, 1.165) is 30.8 Å². The molecule has 1 atom stereocenters. The zero-order chi connectivity index (χ0) is 14.7. The SMILES string of the molecule is CC(=O)CC1CCCCCN1Cc1c(C)nn(C)c1Cl. The number of rotatable bonds is 4. The lowest BCUT2D eigenvalue weighted by molar-refractivity contribution is -0.118. The summed E-state index contributed by atoms with van der Waals surface area (Å²) in [4.78, 5) is 13.9. The van der Waals surface area contributed by atoms with Crippen molar-refractivity contribution in [2.75, 3.05) is 6.54 Å². The van der Waals surface area contributed by atoms with Gasteiger partial charge in [-0.05, 0) is 33.2 Å². The standard InChI is InChI=1S/C15H24ClN3O/c1-11(20)9-13-7-5-4-6-8-19(13)10-14-12(2)17-18(3)15(14)16/h13H,4-10H2,1-3H3. The fraction of sp³-hybridized carbons (Fsp3) is 0.733. The van der Waals surface area contributed by atoms with Gasteiger partial charge < -0.3 is 0 Å². The van der Waals surface area contributed by atoms with Gasteiger partial charge in [0.15, 0.2) is 0 Å². The molecule has 5 heteroatoms. The summed E-state index contributed by atoms with van der Waals surface area (Å²) < 4.78 is 1.73. The zero-order valence-corrected chi connectivity index (χ0v) is 13.4. The summed E-state index contributed by atoms with van der Waals surface area (Å²) in [6.07, 6.45) is 5.43. The minimum atomic E-state index is 0.274. The molecule has 0 N–H and O–H groups in total. The van der Waals surface area contributed by atoms with Gasteiger partial charge in [0.25, 0.3) is 0 Å². The highest BCUT2D eigenvalue weighted by Gasteiger charge is 2.24. The van der Waals surface area contributed by atoms with Crippen LogP contribution in [0.3, 0.4) is 0 Å². The van der Waals surface area contributed by atoms with E-state index in [-0.39, 0.29) is 5.78 Å². The van der Waals surface area contributed by atoms with Crippen molar-refractivity contribution in [3.63, 3.8) is 0 Å². The molecular weight excluding hydrogens is 274 g/mol. The number of Topliss-reactive ketones (excluding diaryl/α,β-unsaturated/α-hetero) is 1. The van der Waals surface area contributed by atoms with Crippen molar-refractivity contribution < 1.29 is 4.79 Å². The average Bonchev–Trinajstić information content (AvgIpc) is 2.56. The van der Waals surface area contributed by atoms with Gasteiger partial charge in [-0.15, -0.1) is 0 Å². The molecule has 20 heavy (non-hydrogen) atoms. The van der Waals surface area contributed by atoms with Gasteiger partial charge >= 0.3 is 0 Å².